The van der Waals surface area contributed by atoms with Crippen LogP contribution in [0.5, 0.6) is 5.75 Å². The Balaban J connectivity index is 1.58. The first kappa shape index (κ1) is 22.5. The fourth-order valence-electron chi connectivity index (χ4n) is 5.82. The van der Waals surface area contributed by atoms with Gasteiger partial charge in [0.2, 0.25) is 5.91 Å². The number of hydrogen-bond donors (Lipinski definition) is 2. The van der Waals surface area contributed by atoms with E-state index in [1.54, 1.807) is 0 Å². The number of thiocarbonyl (C=S) groups is 1. The number of nitrogens with one attached hydrogen (secondary N) is 2. The molecule has 2 aromatic carbocycles. The van der Waals surface area contributed by atoms with Crippen LogP contribution in [0, 0.1) is 19.8 Å². The summed E-state index contributed by atoms with van der Waals surface area (Å²) in [5.41, 5.74) is 2.97. The van der Waals surface area contributed by atoms with Crippen LogP contribution in [0.25, 0.3) is 0 Å². The van der Waals surface area contributed by atoms with Crippen molar-refractivity contribution in [3.8, 4) is 5.75 Å². The molecule has 1 aliphatic carbocycles. The predicted octanol–water partition coefficient (Wildman–Crippen LogP) is 5.88. The van der Waals surface area contributed by atoms with Gasteiger partial charge in [0, 0.05) is 22.3 Å². The Morgan fingerprint density at radius 2 is 1.94 bits per heavy atom. The molecule has 0 aromatic heterocycles. The number of anilines is 1. The normalized spacial score (nSPS) is 26.8. The van der Waals surface area contributed by atoms with E-state index in [0.717, 1.165) is 53.8 Å². The molecular formula is C26H30ClN3O2S. The molecule has 3 aliphatic rings. The number of fused-ring (bicyclic) bond motifs is 4. The highest BCUT2D eigenvalue weighted by Crippen LogP contribution is 2.50. The van der Waals surface area contributed by atoms with Crippen LogP contribution >= 0.6 is 23.8 Å². The molecule has 5 rings (SSSR count). The number of ether oxygens (including phenoxy) is 1. The maximum absolute atomic E-state index is 13.9. The third-order valence-corrected chi connectivity index (χ3v) is 7.92. The molecule has 0 radical (unpaired) electrons. The van der Waals surface area contributed by atoms with Crippen molar-refractivity contribution in [1.82, 2.24) is 10.2 Å². The van der Waals surface area contributed by atoms with Gasteiger partial charge in [0.05, 0.1) is 6.04 Å². The summed E-state index contributed by atoms with van der Waals surface area (Å²) < 4.78 is 6.68. The molecule has 2 fully saturated rings. The highest BCUT2D eigenvalue weighted by atomic mass is 35.5. The SMILES string of the molecule is Cc1ccc(NC(=O)[C@H]2[C@H]3NC(=S)N(C4CCCCC4)[C@@]2(C)Oc2ccc(Cl)cc23)c(C)c1. The van der Waals surface area contributed by atoms with Gasteiger partial charge in [-0.05, 0) is 75.7 Å². The molecule has 1 amide bonds. The van der Waals surface area contributed by atoms with Gasteiger partial charge in [0.25, 0.3) is 0 Å². The molecule has 2 N–H and O–H groups in total. The molecule has 174 valence electrons. The van der Waals surface area contributed by atoms with Gasteiger partial charge in [0.1, 0.15) is 11.7 Å². The van der Waals surface area contributed by atoms with Crippen molar-refractivity contribution < 1.29 is 9.53 Å². The van der Waals surface area contributed by atoms with E-state index in [1.165, 1.54) is 6.42 Å². The van der Waals surface area contributed by atoms with Crippen molar-refractivity contribution in [1.29, 1.82) is 0 Å². The largest absolute Gasteiger partial charge is 0.467 e. The van der Waals surface area contributed by atoms with E-state index in [0.29, 0.717) is 10.1 Å². The van der Waals surface area contributed by atoms with Crippen molar-refractivity contribution in [2.24, 2.45) is 5.92 Å². The minimum atomic E-state index is -0.904. The average molecular weight is 484 g/mol. The standard InChI is InChI=1S/C26H30ClN3O2S/c1-15-9-11-20(16(2)13-15)28-24(31)22-23-19-14-17(27)10-12-21(19)32-26(22,3)30(25(33)29-23)18-7-5-4-6-8-18/h9-14,18,22-23H,4-8H2,1-3H3,(H,28,31)(H,29,33)/t22-,23+,26+/m1/s1. The van der Waals surface area contributed by atoms with Gasteiger partial charge in [0.15, 0.2) is 10.8 Å². The van der Waals surface area contributed by atoms with E-state index in [1.807, 2.05) is 51.1 Å². The van der Waals surface area contributed by atoms with Crippen LogP contribution in [-0.4, -0.2) is 27.7 Å². The van der Waals surface area contributed by atoms with Crippen molar-refractivity contribution >= 4 is 40.5 Å². The lowest BCUT2D eigenvalue weighted by molar-refractivity contribution is -0.156. The van der Waals surface area contributed by atoms with Crippen LogP contribution in [0.4, 0.5) is 5.69 Å². The number of carbonyl (C=O) groups is 1. The van der Waals surface area contributed by atoms with Gasteiger partial charge in [-0.1, -0.05) is 48.6 Å². The number of rotatable bonds is 3. The highest BCUT2D eigenvalue weighted by molar-refractivity contribution is 7.80. The molecule has 7 heteroatoms. The zero-order valence-electron chi connectivity index (χ0n) is 19.3. The van der Waals surface area contributed by atoms with Gasteiger partial charge >= 0.3 is 0 Å². The van der Waals surface area contributed by atoms with Gasteiger partial charge in [-0.2, -0.15) is 0 Å². The number of benzene rings is 2. The molecule has 3 atom stereocenters. The summed E-state index contributed by atoms with van der Waals surface area (Å²) in [5, 5.41) is 7.94. The van der Waals surface area contributed by atoms with Gasteiger partial charge in [-0.15, -0.1) is 0 Å². The molecule has 2 heterocycles. The zero-order valence-corrected chi connectivity index (χ0v) is 20.9. The molecule has 5 nitrogen and oxygen atoms in total. The van der Waals surface area contributed by atoms with Gasteiger partial charge < -0.3 is 20.3 Å². The molecule has 0 unspecified atom stereocenters. The molecule has 2 aromatic rings. The van der Waals surface area contributed by atoms with E-state index in [4.69, 9.17) is 28.6 Å². The highest BCUT2D eigenvalue weighted by Gasteiger charge is 2.60. The fraction of sp³-hybridized carbons (Fsp3) is 0.462. The third kappa shape index (κ3) is 3.87. The summed E-state index contributed by atoms with van der Waals surface area (Å²) in [7, 11) is 0. The van der Waals surface area contributed by atoms with Crippen molar-refractivity contribution in [3.05, 3.63) is 58.1 Å². The monoisotopic (exact) mass is 483 g/mol. The molecular weight excluding hydrogens is 454 g/mol. The second kappa shape index (κ2) is 8.48. The minimum absolute atomic E-state index is 0.0871. The first-order chi connectivity index (χ1) is 15.8. The Labute approximate surface area is 205 Å². The van der Waals surface area contributed by atoms with Crippen LogP contribution in [0.15, 0.2) is 36.4 Å². The molecule has 2 aliphatic heterocycles. The topological polar surface area (TPSA) is 53.6 Å². The van der Waals surface area contributed by atoms with Gasteiger partial charge in [-0.3, -0.25) is 4.79 Å². The summed E-state index contributed by atoms with van der Waals surface area (Å²) in [6.07, 6.45) is 5.65. The number of nitrogens with zero attached hydrogens (tertiary/aromatic N) is 1. The predicted molar refractivity (Wildman–Crippen MR) is 136 cm³/mol. The quantitative estimate of drug-likeness (QED) is 0.533. The van der Waals surface area contributed by atoms with E-state index < -0.39 is 11.6 Å². The van der Waals surface area contributed by atoms with Crippen LogP contribution in [0.2, 0.25) is 5.02 Å². The Morgan fingerprint density at radius 1 is 1.18 bits per heavy atom. The summed E-state index contributed by atoms with van der Waals surface area (Å²) in [6, 6.07) is 11.6. The fourth-order valence-corrected chi connectivity index (χ4v) is 6.46. The lowest BCUT2D eigenvalue weighted by Crippen LogP contribution is -2.73. The number of hydrogen-bond acceptors (Lipinski definition) is 3. The zero-order chi connectivity index (χ0) is 23.3. The second-order valence-electron chi connectivity index (χ2n) is 9.71. The molecule has 2 bridgehead atoms. The lowest BCUT2D eigenvalue weighted by Gasteiger charge is -2.58. The first-order valence-corrected chi connectivity index (χ1v) is 12.5. The van der Waals surface area contributed by atoms with E-state index in [-0.39, 0.29) is 18.0 Å². The number of amides is 1. The Kier molecular flexibility index (Phi) is 5.78. The maximum atomic E-state index is 13.9. The summed E-state index contributed by atoms with van der Waals surface area (Å²) >= 11 is 12.2. The number of halogens is 1. The van der Waals surface area contributed by atoms with Crippen molar-refractivity contribution in [3.63, 3.8) is 0 Å². The van der Waals surface area contributed by atoms with E-state index in [2.05, 4.69) is 21.6 Å². The molecule has 33 heavy (non-hydrogen) atoms. The van der Waals surface area contributed by atoms with Crippen LogP contribution in [0.3, 0.4) is 0 Å². The summed E-state index contributed by atoms with van der Waals surface area (Å²) in [6.45, 7) is 6.08. The number of carbonyl (C=O) groups excluding carboxylic acids is 1. The van der Waals surface area contributed by atoms with Crippen LogP contribution in [0.1, 0.15) is 61.8 Å². The van der Waals surface area contributed by atoms with Crippen LogP contribution < -0.4 is 15.4 Å². The lowest BCUT2D eigenvalue weighted by atomic mass is 9.77. The summed E-state index contributed by atoms with van der Waals surface area (Å²) in [5.74, 6) is 0.145. The Morgan fingerprint density at radius 3 is 2.67 bits per heavy atom. The smallest absolute Gasteiger partial charge is 0.236 e. The first-order valence-electron chi connectivity index (χ1n) is 11.7. The van der Waals surface area contributed by atoms with E-state index >= 15 is 0 Å². The third-order valence-electron chi connectivity index (χ3n) is 7.37. The van der Waals surface area contributed by atoms with E-state index in [9.17, 15) is 4.79 Å². The number of aryl methyl sites for hydroxylation is 2. The van der Waals surface area contributed by atoms with Crippen molar-refractivity contribution in [2.75, 3.05) is 5.32 Å². The summed E-state index contributed by atoms with van der Waals surface area (Å²) in [4.78, 5) is 16.1. The second-order valence-corrected chi connectivity index (χ2v) is 10.5. The maximum Gasteiger partial charge on any atom is 0.236 e. The average Bonchev–Trinajstić information content (AvgIpc) is 2.76. The molecule has 1 saturated carbocycles. The van der Waals surface area contributed by atoms with Gasteiger partial charge in [-0.25, -0.2) is 0 Å². The Bertz CT molecular complexity index is 1120. The Hall–Kier alpha value is -2.31. The molecule has 0 spiro atoms. The minimum Gasteiger partial charge on any atom is -0.467 e. The van der Waals surface area contributed by atoms with Crippen LogP contribution in [-0.2, 0) is 4.79 Å². The van der Waals surface area contributed by atoms with Crippen molar-refractivity contribution in [2.45, 2.75) is 70.7 Å². The molecule has 1 saturated heterocycles.